The SMILES string of the molecule is COc1ccc2c(c1)CCCC(c1ccccc1Cl)=C2O. The van der Waals surface area contributed by atoms with Crippen LogP contribution in [0.25, 0.3) is 11.3 Å². The van der Waals surface area contributed by atoms with E-state index < -0.39 is 0 Å². The number of hydrogen-bond donors (Lipinski definition) is 1. The van der Waals surface area contributed by atoms with Crippen molar-refractivity contribution >= 4 is 22.9 Å². The van der Waals surface area contributed by atoms with E-state index in [0.717, 1.165) is 47.3 Å². The Balaban J connectivity index is 2.15. The molecule has 0 atom stereocenters. The van der Waals surface area contributed by atoms with Gasteiger partial charge < -0.3 is 9.84 Å². The van der Waals surface area contributed by atoms with E-state index in [9.17, 15) is 5.11 Å². The lowest BCUT2D eigenvalue weighted by molar-refractivity contribution is 0.414. The normalized spacial score (nSPS) is 14.6. The lowest BCUT2D eigenvalue weighted by Crippen LogP contribution is -1.94. The summed E-state index contributed by atoms with van der Waals surface area (Å²) in [6, 6.07) is 13.5. The van der Waals surface area contributed by atoms with E-state index in [-0.39, 0.29) is 0 Å². The third-order valence-electron chi connectivity index (χ3n) is 3.93. The number of rotatable bonds is 2. The minimum atomic E-state index is 0.332. The fourth-order valence-electron chi connectivity index (χ4n) is 2.84. The second kappa shape index (κ2) is 5.82. The first kappa shape index (κ1) is 14.0. The van der Waals surface area contributed by atoms with Crippen LogP contribution in [0.4, 0.5) is 0 Å². The summed E-state index contributed by atoms with van der Waals surface area (Å²) in [4.78, 5) is 0. The lowest BCUT2D eigenvalue weighted by atomic mass is 9.99. The summed E-state index contributed by atoms with van der Waals surface area (Å²) in [5, 5.41) is 11.4. The summed E-state index contributed by atoms with van der Waals surface area (Å²) in [6.45, 7) is 0. The number of hydrogen-bond acceptors (Lipinski definition) is 2. The highest BCUT2D eigenvalue weighted by Crippen LogP contribution is 2.37. The molecule has 21 heavy (non-hydrogen) atoms. The average Bonchev–Trinajstić information content (AvgIpc) is 2.67. The quantitative estimate of drug-likeness (QED) is 0.835. The van der Waals surface area contributed by atoms with Crippen molar-refractivity contribution in [3.63, 3.8) is 0 Å². The van der Waals surface area contributed by atoms with Crippen LogP contribution >= 0.6 is 11.6 Å². The van der Waals surface area contributed by atoms with Gasteiger partial charge in [-0.25, -0.2) is 0 Å². The number of ether oxygens (including phenoxy) is 1. The van der Waals surface area contributed by atoms with Gasteiger partial charge >= 0.3 is 0 Å². The van der Waals surface area contributed by atoms with Gasteiger partial charge in [-0.05, 0) is 54.7 Å². The highest BCUT2D eigenvalue weighted by atomic mass is 35.5. The van der Waals surface area contributed by atoms with E-state index in [1.807, 2.05) is 42.5 Å². The number of allylic oxidation sites excluding steroid dienone is 1. The summed E-state index contributed by atoms with van der Waals surface area (Å²) < 4.78 is 5.27. The van der Waals surface area contributed by atoms with Gasteiger partial charge in [0.15, 0.2) is 0 Å². The number of methoxy groups -OCH3 is 1. The Morgan fingerprint density at radius 1 is 1.05 bits per heavy atom. The van der Waals surface area contributed by atoms with Crippen LogP contribution in [0.2, 0.25) is 5.02 Å². The number of benzene rings is 2. The van der Waals surface area contributed by atoms with Crippen molar-refractivity contribution in [2.75, 3.05) is 7.11 Å². The molecule has 1 aliphatic rings. The first-order valence-electron chi connectivity index (χ1n) is 7.05. The third kappa shape index (κ3) is 2.64. The molecule has 1 N–H and O–H groups in total. The number of aryl methyl sites for hydroxylation is 1. The molecular weight excluding hydrogens is 284 g/mol. The largest absolute Gasteiger partial charge is 0.507 e. The first-order valence-corrected chi connectivity index (χ1v) is 7.43. The van der Waals surface area contributed by atoms with Crippen molar-refractivity contribution in [3.8, 4) is 5.75 Å². The molecule has 2 aromatic carbocycles. The van der Waals surface area contributed by atoms with E-state index in [2.05, 4.69) is 0 Å². The molecule has 0 spiro atoms. The molecule has 0 amide bonds. The van der Waals surface area contributed by atoms with Crippen LogP contribution in [-0.4, -0.2) is 12.2 Å². The Morgan fingerprint density at radius 2 is 1.86 bits per heavy atom. The maximum atomic E-state index is 10.7. The highest BCUT2D eigenvalue weighted by Gasteiger charge is 2.19. The zero-order valence-electron chi connectivity index (χ0n) is 11.9. The maximum Gasteiger partial charge on any atom is 0.126 e. The molecule has 108 valence electrons. The van der Waals surface area contributed by atoms with Crippen LogP contribution in [-0.2, 0) is 6.42 Å². The Morgan fingerprint density at radius 3 is 2.62 bits per heavy atom. The number of aliphatic hydroxyl groups is 1. The molecular formula is C18H17ClO2. The van der Waals surface area contributed by atoms with E-state index >= 15 is 0 Å². The topological polar surface area (TPSA) is 29.5 Å². The molecule has 0 unspecified atom stereocenters. The molecule has 0 saturated carbocycles. The van der Waals surface area contributed by atoms with Gasteiger partial charge in [0, 0.05) is 16.2 Å². The molecule has 2 nitrogen and oxygen atoms in total. The standard InChI is InChI=1S/C18H17ClO2/c1-21-13-9-10-14-12(11-13)5-4-7-16(18(14)20)15-6-2-3-8-17(15)19/h2-3,6,8-11,20H,4-5,7H2,1H3. The predicted octanol–water partition coefficient (Wildman–Crippen LogP) is 5.11. The summed E-state index contributed by atoms with van der Waals surface area (Å²) >= 11 is 6.29. The van der Waals surface area contributed by atoms with E-state index in [4.69, 9.17) is 16.3 Å². The van der Waals surface area contributed by atoms with Crippen molar-refractivity contribution in [2.24, 2.45) is 0 Å². The number of aliphatic hydroxyl groups excluding tert-OH is 1. The monoisotopic (exact) mass is 300 g/mol. The lowest BCUT2D eigenvalue weighted by Gasteiger charge is -2.12. The van der Waals surface area contributed by atoms with Crippen molar-refractivity contribution < 1.29 is 9.84 Å². The molecule has 0 fully saturated rings. The first-order chi connectivity index (χ1) is 10.2. The van der Waals surface area contributed by atoms with Gasteiger partial charge in [0.05, 0.1) is 7.11 Å². The van der Waals surface area contributed by atoms with Crippen molar-refractivity contribution in [2.45, 2.75) is 19.3 Å². The number of fused-ring (bicyclic) bond motifs is 1. The zero-order chi connectivity index (χ0) is 14.8. The minimum absolute atomic E-state index is 0.332. The summed E-state index contributed by atoms with van der Waals surface area (Å²) in [6.07, 6.45) is 2.71. The van der Waals surface area contributed by atoms with Crippen LogP contribution < -0.4 is 4.74 Å². The van der Waals surface area contributed by atoms with Gasteiger partial charge in [-0.2, -0.15) is 0 Å². The summed E-state index contributed by atoms with van der Waals surface area (Å²) in [7, 11) is 1.66. The van der Waals surface area contributed by atoms with E-state index in [0.29, 0.717) is 10.8 Å². The second-order valence-electron chi connectivity index (χ2n) is 5.18. The van der Waals surface area contributed by atoms with Gasteiger partial charge in [0.25, 0.3) is 0 Å². The fraction of sp³-hybridized carbons (Fsp3) is 0.222. The predicted molar refractivity (Wildman–Crippen MR) is 86.8 cm³/mol. The van der Waals surface area contributed by atoms with Crippen LogP contribution in [0.1, 0.15) is 29.5 Å². The van der Waals surface area contributed by atoms with Crippen LogP contribution in [0, 0.1) is 0 Å². The van der Waals surface area contributed by atoms with Crippen molar-refractivity contribution in [3.05, 3.63) is 64.2 Å². The average molecular weight is 301 g/mol. The Labute approximate surface area is 129 Å². The Kier molecular flexibility index (Phi) is 3.89. The maximum absolute atomic E-state index is 10.7. The molecule has 0 aliphatic heterocycles. The Hall–Kier alpha value is -1.93. The van der Waals surface area contributed by atoms with Gasteiger partial charge in [0.2, 0.25) is 0 Å². The highest BCUT2D eigenvalue weighted by molar-refractivity contribution is 6.32. The molecule has 3 rings (SSSR count). The van der Waals surface area contributed by atoms with Gasteiger partial charge in [0.1, 0.15) is 11.5 Å². The second-order valence-corrected chi connectivity index (χ2v) is 5.59. The molecule has 3 heteroatoms. The van der Waals surface area contributed by atoms with Crippen LogP contribution in [0.3, 0.4) is 0 Å². The number of halogens is 1. The third-order valence-corrected chi connectivity index (χ3v) is 4.25. The molecule has 1 aliphatic carbocycles. The zero-order valence-corrected chi connectivity index (χ0v) is 12.7. The molecule has 2 aromatic rings. The molecule has 0 heterocycles. The fourth-order valence-corrected chi connectivity index (χ4v) is 3.09. The summed E-state index contributed by atoms with van der Waals surface area (Å²) in [5.41, 5.74) is 3.84. The van der Waals surface area contributed by atoms with Gasteiger partial charge in [-0.3, -0.25) is 0 Å². The van der Waals surface area contributed by atoms with Gasteiger partial charge in [-0.15, -0.1) is 0 Å². The van der Waals surface area contributed by atoms with Crippen LogP contribution in [0.5, 0.6) is 5.75 Å². The summed E-state index contributed by atoms with van der Waals surface area (Å²) in [5.74, 6) is 1.15. The molecule has 0 aromatic heterocycles. The Bertz CT molecular complexity index is 704. The van der Waals surface area contributed by atoms with Gasteiger partial charge in [-0.1, -0.05) is 29.8 Å². The smallest absolute Gasteiger partial charge is 0.126 e. The molecule has 0 bridgehead atoms. The van der Waals surface area contributed by atoms with Crippen molar-refractivity contribution in [1.29, 1.82) is 0 Å². The van der Waals surface area contributed by atoms with Crippen molar-refractivity contribution in [1.82, 2.24) is 0 Å². The van der Waals surface area contributed by atoms with Crippen LogP contribution in [0.15, 0.2) is 42.5 Å². The molecule has 0 radical (unpaired) electrons. The molecule has 0 saturated heterocycles. The van der Waals surface area contributed by atoms with E-state index in [1.165, 1.54) is 0 Å². The minimum Gasteiger partial charge on any atom is -0.507 e. The van der Waals surface area contributed by atoms with E-state index in [1.54, 1.807) is 7.11 Å².